The van der Waals surface area contributed by atoms with E-state index in [2.05, 4.69) is 10.5 Å². The molecule has 19 heavy (non-hydrogen) atoms. The van der Waals surface area contributed by atoms with Gasteiger partial charge in [-0.15, -0.1) is 0 Å². The predicted molar refractivity (Wildman–Crippen MR) is 71.2 cm³/mol. The van der Waals surface area contributed by atoms with Crippen molar-refractivity contribution in [2.75, 3.05) is 13.7 Å². The highest BCUT2D eigenvalue weighted by Crippen LogP contribution is 2.18. The molecule has 0 saturated heterocycles. The first-order valence-corrected chi connectivity index (χ1v) is 6.24. The molecule has 0 unspecified atom stereocenters. The molecule has 5 heteroatoms. The van der Waals surface area contributed by atoms with Gasteiger partial charge in [-0.05, 0) is 30.8 Å². The van der Waals surface area contributed by atoms with Gasteiger partial charge in [-0.25, -0.2) is 0 Å². The van der Waals surface area contributed by atoms with Crippen molar-refractivity contribution < 1.29 is 14.0 Å². The second-order valence-electron chi connectivity index (χ2n) is 4.03. The molecule has 2 aromatic rings. The van der Waals surface area contributed by atoms with E-state index in [1.165, 1.54) is 0 Å². The lowest BCUT2D eigenvalue weighted by molar-refractivity contribution is 0.248. The minimum atomic E-state index is 0.367. The minimum absolute atomic E-state index is 0.367. The number of ether oxygens (including phenoxy) is 2. The zero-order chi connectivity index (χ0) is 13.5. The lowest BCUT2D eigenvalue weighted by Crippen LogP contribution is -2.11. The highest BCUT2D eigenvalue weighted by atomic mass is 16.5. The second-order valence-corrected chi connectivity index (χ2v) is 4.03. The molecule has 102 valence electrons. The van der Waals surface area contributed by atoms with Gasteiger partial charge in [0.05, 0.1) is 12.8 Å². The summed E-state index contributed by atoms with van der Waals surface area (Å²) in [7, 11) is 1.64. The largest absolute Gasteiger partial charge is 0.497 e. The molecule has 0 aliphatic rings. The Morgan fingerprint density at radius 1 is 1.21 bits per heavy atom. The average molecular weight is 262 g/mol. The van der Waals surface area contributed by atoms with Crippen LogP contribution in [0.1, 0.15) is 18.4 Å². The van der Waals surface area contributed by atoms with Crippen LogP contribution in [-0.2, 0) is 13.2 Å². The van der Waals surface area contributed by atoms with Crippen molar-refractivity contribution >= 4 is 0 Å². The van der Waals surface area contributed by atoms with Crippen LogP contribution in [0.3, 0.4) is 0 Å². The maximum absolute atomic E-state index is 5.60. The molecule has 0 amide bonds. The molecule has 1 aromatic carbocycles. The van der Waals surface area contributed by atoms with Crippen LogP contribution in [0.4, 0.5) is 0 Å². The van der Waals surface area contributed by atoms with E-state index in [1.807, 2.05) is 37.3 Å². The van der Waals surface area contributed by atoms with Crippen molar-refractivity contribution in [3.8, 4) is 11.5 Å². The molecule has 0 aliphatic heterocycles. The van der Waals surface area contributed by atoms with Crippen LogP contribution >= 0.6 is 0 Å². The summed E-state index contributed by atoms with van der Waals surface area (Å²) in [6.07, 6.45) is 0. The highest BCUT2D eigenvalue weighted by molar-refractivity contribution is 5.31. The first-order chi connectivity index (χ1) is 9.31. The Kier molecular flexibility index (Phi) is 4.80. The summed E-state index contributed by atoms with van der Waals surface area (Å²) in [6.45, 7) is 4.03. The minimum Gasteiger partial charge on any atom is -0.497 e. The zero-order valence-electron chi connectivity index (χ0n) is 11.2. The first kappa shape index (κ1) is 13.4. The Bertz CT molecular complexity index is 494. The van der Waals surface area contributed by atoms with Crippen molar-refractivity contribution in [3.05, 3.63) is 41.8 Å². The Morgan fingerprint density at radius 3 is 2.63 bits per heavy atom. The lowest BCUT2D eigenvalue weighted by atomic mass is 10.3. The fourth-order valence-corrected chi connectivity index (χ4v) is 1.59. The van der Waals surface area contributed by atoms with Gasteiger partial charge in [0, 0.05) is 12.6 Å². The number of aromatic nitrogens is 1. The van der Waals surface area contributed by atoms with Gasteiger partial charge in [-0.3, -0.25) is 0 Å². The van der Waals surface area contributed by atoms with Crippen LogP contribution in [-0.4, -0.2) is 18.8 Å². The quantitative estimate of drug-likeness (QED) is 0.830. The SMILES string of the molecule is CCNCc1cc(COc2ccc(OC)cc2)on1. The molecule has 0 saturated carbocycles. The molecule has 2 rings (SSSR count). The number of hydrogen-bond acceptors (Lipinski definition) is 5. The van der Waals surface area contributed by atoms with E-state index in [0.29, 0.717) is 18.9 Å². The van der Waals surface area contributed by atoms with E-state index in [-0.39, 0.29) is 0 Å². The molecule has 0 radical (unpaired) electrons. The fourth-order valence-electron chi connectivity index (χ4n) is 1.59. The van der Waals surface area contributed by atoms with Gasteiger partial charge in [-0.1, -0.05) is 12.1 Å². The van der Waals surface area contributed by atoms with Crippen molar-refractivity contribution in [2.24, 2.45) is 0 Å². The van der Waals surface area contributed by atoms with E-state index >= 15 is 0 Å². The molecule has 0 atom stereocenters. The van der Waals surface area contributed by atoms with Crippen LogP contribution in [0, 0.1) is 0 Å². The standard InChI is InChI=1S/C14H18N2O3/c1-3-15-9-11-8-14(19-16-11)10-18-13-6-4-12(17-2)5-7-13/h4-8,15H,3,9-10H2,1-2H3. The van der Waals surface area contributed by atoms with Crippen LogP contribution in [0.2, 0.25) is 0 Å². The van der Waals surface area contributed by atoms with Crippen molar-refractivity contribution in [2.45, 2.75) is 20.1 Å². The topological polar surface area (TPSA) is 56.5 Å². The Morgan fingerprint density at radius 2 is 1.95 bits per heavy atom. The van der Waals surface area contributed by atoms with Crippen LogP contribution in [0.15, 0.2) is 34.9 Å². The smallest absolute Gasteiger partial charge is 0.174 e. The van der Waals surface area contributed by atoms with E-state index in [0.717, 1.165) is 23.7 Å². The Labute approximate surface area is 112 Å². The molecule has 1 heterocycles. The average Bonchev–Trinajstić information content (AvgIpc) is 2.91. The van der Waals surface area contributed by atoms with Crippen LogP contribution < -0.4 is 14.8 Å². The fraction of sp³-hybridized carbons (Fsp3) is 0.357. The predicted octanol–water partition coefficient (Wildman–Crippen LogP) is 2.37. The third-order valence-corrected chi connectivity index (χ3v) is 2.60. The Hall–Kier alpha value is -2.01. The van der Waals surface area contributed by atoms with Gasteiger partial charge in [0.15, 0.2) is 5.76 Å². The molecule has 0 fully saturated rings. The van der Waals surface area contributed by atoms with Crippen LogP contribution in [0.25, 0.3) is 0 Å². The molecule has 1 N–H and O–H groups in total. The molecule has 5 nitrogen and oxygen atoms in total. The molecule has 0 spiro atoms. The highest BCUT2D eigenvalue weighted by Gasteiger charge is 2.04. The number of rotatable bonds is 7. The van der Waals surface area contributed by atoms with E-state index in [4.69, 9.17) is 14.0 Å². The third-order valence-electron chi connectivity index (χ3n) is 2.60. The summed E-state index contributed by atoms with van der Waals surface area (Å²) in [5.41, 5.74) is 0.884. The Balaban J connectivity index is 1.85. The summed E-state index contributed by atoms with van der Waals surface area (Å²) in [5, 5.41) is 7.14. The number of hydrogen-bond donors (Lipinski definition) is 1. The maximum Gasteiger partial charge on any atom is 0.174 e. The summed E-state index contributed by atoms with van der Waals surface area (Å²) in [4.78, 5) is 0. The summed E-state index contributed by atoms with van der Waals surface area (Å²) < 4.78 is 15.9. The van der Waals surface area contributed by atoms with Gasteiger partial charge in [0.25, 0.3) is 0 Å². The molecule has 1 aromatic heterocycles. The second kappa shape index (κ2) is 6.80. The van der Waals surface area contributed by atoms with E-state index in [9.17, 15) is 0 Å². The maximum atomic E-state index is 5.60. The summed E-state index contributed by atoms with van der Waals surface area (Å²) in [5.74, 6) is 2.29. The van der Waals surface area contributed by atoms with Crippen molar-refractivity contribution in [1.29, 1.82) is 0 Å². The number of methoxy groups -OCH3 is 1. The normalized spacial score (nSPS) is 10.4. The van der Waals surface area contributed by atoms with Gasteiger partial charge in [-0.2, -0.15) is 0 Å². The number of nitrogens with one attached hydrogen (secondary N) is 1. The van der Waals surface area contributed by atoms with E-state index < -0.39 is 0 Å². The van der Waals surface area contributed by atoms with Crippen LogP contribution in [0.5, 0.6) is 11.5 Å². The van der Waals surface area contributed by atoms with E-state index in [1.54, 1.807) is 7.11 Å². The number of benzene rings is 1. The summed E-state index contributed by atoms with van der Waals surface area (Å²) in [6, 6.07) is 9.31. The van der Waals surface area contributed by atoms with Gasteiger partial charge >= 0.3 is 0 Å². The van der Waals surface area contributed by atoms with Gasteiger partial charge in [0.1, 0.15) is 18.1 Å². The monoisotopic (exact) mass is 262 g/mol. The number of nitrogens with zero attached hydrogens (tertiary/aromatic N) is 1. The molecular formula is C14H18N2O3. The zero-order valence-corrected chi connectivity index (χ0v) is 11.2. The van der Waals surface area contributed by atoms with Crippen molar-refractivity contribution in [1.82, 2.24) is 10.5 Å². The summed E-state index contributed by atoms with van der Waals surface area (Å²) >= 11 is 0. The van der Waals surface area contributed by atoms with Gasteiger partial charge in [0.2, 0.25) is 0 Å². The lowest BCUT2D eigenvalue weighted by Gasteiger charge is -2.04. The molecular weight excluding hydrogens is 244 g/mol. The molecule has 0 bridgehead atoms. The third kappa shape index (κ3) is 3.99. The first-order valence-electron chi connectivity index (χ1n) is 6.24. The molecule has 0 aliphatic carbocycles. The van der Waals surface area contributed by atoms with Gasteiger partial charge < -0.3 is 19.3 Å². The van der Waals surface area contributed by atoms with Crippen molar-refractivity contribution in [3.63, 3.8) is 0 Å².